The van der Waals surface area contributed by atoms with Gasteiger partial charge >= 0.3 is 0 Å². The second-order valence-electron chi connectivity index (χ2n) is 4.89. The minimum absolute atomic E-state index is 0.0951. The predicted octanol–water partition coefficient (Wildman–Crippen LogP) is 3.78. The van der Waals surface area contributed by atoms with Crippen LogP contribution in [-0.4, -0.2) is 15.6 Å². The summed E-state index contributed by atoms with van der Waals surface area (Å²) in [5.41, 5.74) is 2.85. The summed E-state index contributed by atoms with van der Waals surface area (Å²) in [5.74, 6) is -0.147. The Hall–Kier alpha value is -2.10. The molecule has 21 heavy (non-hydrogen) atoms. The smallest absolute Gasteiger partial charge is 0.262 e. The molecule has 0 spiro atoms. The number of benzene rings is 2. The van der Waals surface area contributed by atoms with Gasteiger partial charge < -0.3 is 5.11 Å². The molecule has 0 saturated carbocycles. The molecule has 0 radical (unpaired) electrons. The number of carbonyl (C=O) groups excluding carboxylic acids is 1. The number of halogens is 1. The van der Waals surface area contributed by atoms with Gasteiger partial charge in [0.25, 0.3) is 5.91 Å². The summed E-state index contributed by atoms with van der Waals surface area (Å²) in [7, 11) is 0. The fourth-order valence-electron chi connectivity index (χ4n) is 2.65. The normalized spacial score (nSPS) is 11.0. The second-order valence-corrected chi connectivity index (χ2v) is 5.33. The minimum Gasteiger partial charge on any atom is -0.392 e. The van der Waals surface area contributed by atoms with Gasteiger partial charge in [0.15, 0.2) is 0 Å². The molecule has 0 fully saturated rings. The van der Waals surface area contributed by atoms with Crippen LogP contribution in [0.2, 0.25) is 5.02 Å². The first-order chi connectivity index (χ1) is 10.1. The zero-order valence-corrected chi connectivity index (χ0v) is 12.3. The van der Waals surface area contributed by atoms with E-state index in [4.69, 9.17) is 11.6 Å². The number of hydrogen-bond acceptors (Lipinski definition) is 2. The Bertz CT molecular complexity index is 836. The number of para-hydroxylation sites is 1. The molecule has 1 N–H and O–H groups in total. The molecule has 0 atom stereocenters. The average Bonchev–Trinajstić information content (AvgIpc) is 2.78. The van der Waals surface area contributed by atoms with Gasteiger partial charge in [0, 0.05) is 27.2 Å². The van der Waals surface area contributed by atoms with Crippen molar-refractivity contribution in [1.82, 2.24) is 4.57 Å². The molecule has 106 valence electrons. The second kappa shape index (κ2) is 5.35. The van der Waals surface area contributed by atoms with Crippen LogP contribution in [0, 0.1) is 6.92 Å². The third kappa shape index (κ3) is 2.24. The molecule has 0 aliphatic heterocycles. The van der Waals surface area contributed by atoms with Crippen LogP contribution in [0.15, 0.2) is 48.5 Å². The Morgan fingerprint density at radius 2 is 1.95 bits per heavy atom. The Balaban J connectivity index is 2.25. The molecule has 0 unspecified atom stereocenters. The van der Waals surface area contributed by atoms with Crippen molar-refractivity contribution in [1.29, 1.82) is 0 Å². The lowest BCUT2D eigenvalue weighted by molar-refractivity contribution is 0.0962. The van der Waals surface area contributed by atoms with E-state index in [0.717, 1.165) is 22.2 Å². The highest BCUT2D eigenvalue weighted by Gasteiger charge is 2.19. The van der Waals surface area contributed by atoms with Crippen molar-refractivity contribution >= 4 is 28.4 Å². The lowest BCUT2D eigenvalue weighted by atomic mass is 10.1. The van der Waals surface area contributed by atoms with Crippen molar-refractivity contribution in [3.8, 4) is 0 Å². The van der Waals surface area contributed by atoms with Gasteiger partial charge in [0.1, 0.15) is 0 Å². The lowest BCUT2D eigenvalue weighted by Crippen LogP contribution is -2.13. The van der Waals surface area contributed by atoms with Gasteiger partial charge in [-0.2, -0.15) is 0 Å². The van der Waals surface area contributed by atoms with Crippen LogP contribution in [0.1, 0.15) is 21.6 Å². The van der Waals surface area contributed by atoms with E-state index in [2.05, 4.69) is 0 Å². The van der Waals surface area contributed by atoms with E-state index in [-0.39, 0.29) is 12.5 Å². The molecule has 3 nitrogen and oxygen atoms in total. The van der Waals surface area contributed by atoms with Crippen molar-refractivity contribution in [2.24, 2.45) is 0 Å². The highest BCUT2D eigenvalue weighted by Crippen LogP contribution is 2.27. The van der Waals surface area contributed by atoms with Crippen LogP contribution in [0.25, 0.3) is 10.9 Å². The Labute approximate surface area is 127 Å². The fraction of sp³-hybridized carbons (Fsp3) is 0.118. The van der Waals surface area contributed by atoms with Gasteiger partial charge in [-0.1, -0.05) is 35.9 Å². The van der Waals surface area contributed by atoms with E-state index in [1.54, 1.807) is 28.8 Å². The number of carbonyl (C=O) groups is 1. The molecule has 0 aliphatic rings. The molecule has 2 aromatic carbocycles. The molecule has 3 aromatic rings. The number of nitrogens with zero attached hydrogens (tertiary/aromatic N) is 1. The summed E-state index contributed by atoms with van der Waals surface area (Å²) in [6.07, 6.45) is 0. The molecular weight excluding hydrogens is 286 g/mol. The van der Waals surface area contributed by atoms with Gasteiger partial charge in [-0.25, -0.2) is 0 Å². The summed E-state index contributed by atoms with van der Waals surface area (Å²) in [5, 5.41) is 11.0. The minimum atomic E-state index is -0.147. The van der Waals surface area contributed by atoms with Gasteiger partial charge in [0.05, 0.1) is 12.1 Å². The number of rotatable bonds is 2. The summed E-state index contributed by atoms with van der Waals surface area (Å²) < 4.78 is 1.63. The van der Waals surface area contributed by atoms with Crippen molar-refractivity contribution < 1.29 is 9.90 Å². The molecule has 1 aromatic heterocycles. The molecule has 4 heteroatoms. The number of aliphatic hydroxyl groups excluding tert-OH is 1. The van der Waals surface area contributed by atoms with E-state index in [1.807, 2.05) is 31.2 Å². The van der Waals surface area contributed by atoms with Crippen LogP contribution < -0.4 is 0 Å². The summed E-state index contributed by atoms with van der Waals surface area (Å²) in [6, 6.07) is 14.4. The largest absolute Gasteiger partial charge is 0.392 e. The van der Waals surface area contributed by atoms with Gasteiger partial charge in [-0.15, -0.1) is 0 Å². The summed E-state index contributed by atoms with van der Waals surface area (Å²) in [6.45, 7) is 1.75. The SMILES string of the molecule is Cc1c(CO)c2ccccc2n1C(=O)c1cccc(Cl)c1. The summed E-state index contributed by atoms with van der Waals surface area (Å²) in [4.78, 5) is 12.8. The molecule has 0 saturated heterocycles. The van der Waals surface area contributed by atoms with Crippen LogP contribution in [0.4, 0.5) is 0 Å². The first-order valence-corrected chi connectivity index (χ1v) is 7.01. The van der Waals surface area contributed by atoms with Crippen molar-refractivity contribution in [3.05, 3.63) is 70.4 Å². The number of aliphatic hydroxyl groups is 1. The fourth-order valence-corrected chi connectivity index (χ4v) is 2.84. The van der Waals surface area contributed by atoms with Gasteiger partial charge in [0.2, 0.25) is 0 Å². The highest BCUT2D eigenvalue weighted by molar-refractivity contribution is 6.31. The molecule has 1 heterocycles. The van der Waals surface area contributed by atoms with Crippen molar-refractivity contribution in [3.63, 3.8) is 0 Å². The van der Waals surface area contributed by atoms with E-state index in [9.17, 15) is 9.90 Å². The topological polar surface area (TPSA) is 42.2 Å². The average molecular weight is 300 g/mol. The molecule has 3 rings (SSSR count). The molecule has 0 bridgehead atoms. The van der Waals surface area contributed by atoms with E-state index < -0.39 is 0 Å². The van der Waals surface area contributed by atoms with Gasteiger partial charge in [-0.3, -0.25) is 9.36 Å². The monoisotopic (exact) mass is 299 g/mol. The zero-order chi connectivity index (χ0) is 15.0. The quantitative estimate of drug-likeness (QED) is 0.782. The maximum absolute atomic E-state index is 12.8. The first-order valence-electron chi connectivity index (χ1n) is 6.63. The molecule has 0 amide bonds. The van der Waals surface area contributed by atoms with Crippen molar-refractivity contribution in [2.75, 3.05) is 0 Å². The van der Waals surface area contributed by atoms with Crippen LogP contribution in [0.3, 0.4) is 0 Å². The maximum Gasteiger partial charge on any atom is 0.262 e. The highest BCUT2D eigenvalue weighted by atomic mass is 35.5. The third-order valence-electron chi connectivity index (χ3n) is 3.67. The predicted molar refractivity (Wildman–Crippen MR) is 83.8 cm³/mol. The van der Waals surface area contributed by atoms with Crippen LogP contribution in [0.5, 0.6) is 0 Å². The Morgan fingerprint density at radius 3 is 2.67 bits per heavy atom. The summed E-state index contributed by atoms with van der Waals surface area (Å²) >= 11 is 5.97. The number of aromatic nitrogens is 1. The Morgan fingerprint density at radius 1 is 1.19 bits per heavy atom. The third-order valence-corrected chi connectivity index (χ3v) is 3.91. The van der Waals surface area contributed by atoms with Gasteiger partial charge in [-0.05, 0) is 31.2 Å². The zero-order valence-electron chi connectivity index (χ0n) is 11.5. The van der Waals surface area contributed by atoms with E-state index >= 15 is 0 Å². The standard InChI is InChI=1S/C17H14ClNO2/c1-11-15(10-20)14-7-2-3-8-16(14)19(11)17(21)12-5-4-6-13(18)9-12/h2-9,20H,10H2,1H3. The molecule has 0 aliphatic carbocycles. The number of hydrogen-bond donors (Lipinski definition) is 1. The Kier molecular flexibility index (Phi) is 3.53. The van der Waals surface area contributed by atoms with E-state index in [1.165, 1.54) is 0 Å². The number of fused-ring (bicyclic) bond motifs is 1. The lowest BCUT2D eigenvalue weighted by Gasteiger charge is -2.07. The van der Waals surface area contributed by atoms with Crippen molar-refractivity contribution in [2.45, 2.75) is 13.5 Å². The maximum atomic E-state index is 12.8. The van der Waals surface area contributed by atoms with E-state index in [0.29, 0.717) is 10.6 Å². The first kappa shape index (κ1) is 13.9. The van der Waals surface area contributed by atoms with Crippen LogP contribution in [-0.2, 0) is 6.61 Å². The molecular formula is C17H14ClNO2. The van der Waals surface area contributed by atoms with Crippen LogP contribution >= 0.6 is 11.6 Å².